The van der Waals surface area contributed by atoms with Gasteiger partial charge < -0.3 is 9.84 Å². The average molecular weight is 337 g/mol. The highest BCUT2D eigenvalue weighted by Crippen LogP contribution is 2.32. The predicted octanol–water partition coefficient (Wildman–Crippen LogP) is 2.63. The number of hydrogen-bond acceptors (Lipinski definition) is 5. The summed E-state index contributed by atoms with van der Waals surface area (Å²) in [6.07, 6.45) is 4.54. The molecular formula is C18H19N5O2. The molecule has 3 aromatic rings. The lowest BCUT2D eigenvalue weighted by Crippen LogP contribution is -2.45. The molecule has 0 radical (unpaired) electrons. The van der Waals surface area contributed by atoms with Gasteiger partial charge in [-0.15, -0.1) is 5.10 Å². The molecule has 0 saturated heterocycles. The van der Waals surface area contributed by atoms with Gasteiger partial charge in [0.05, 0.1) is 11.7 Å². The summed E-state index contributed by atoms with van der Waals surface area (Å²) in [4.78, 5) is 12.3. The van der Waals surface area contributed by atoms with Crippen molar-refractivity contribution in [3.8, 4) is 11.3 Å². The van der Waals surface area contributed by atoms with Gasteiger partial charge in [0.25, 0.3) is 5.91 Å². The monoisotopic (exact) mass is 337 g/mol. The standard InChI is InChI=1S/C18H19N5O2/c1-2-13-11-23(22-20-13)15-8-14(9-15)19-18(24)17-10-16(21-25-17)12-6-4-3-5-7-12/h3-7,10-11,14-15H,2,8-9H2,1H3,(H,19,24)/t14-,15+. The van der Waals surface area contributed by atoms with Gasteiger partial charge in [0.15, 0.2) is 0 Å². The Morgan fingerprint density at radius 1 is 1.32 bits per heavy atom. The van der Waals surface area contributed by atoms with E-state index < -0.39 is 0 Å². The molecule has 0 atom stereocenters. The van der Waals surface area contributed by atoms with Crippen molar-refractivity contribution in [2.24, 2.45) is 0 Å². The summed E-state index contributed by atoms with van der Waals surface area (Å²) in [7, 11) is 0. The largest absolute Gasteiger partial charge is 0.350 e. The molecular weight excluding hydrogens is 318 g/mol. The van der Waals surface area contributed by atoms with E-state index in [-0.39, 0.29) is 17.7 Å². The molecule has 2 heterocycles. The highest BCUT2D eigenvalue weighted by Gasteiger charge is 2.33. The van der Waals surface area contributed by atoms with Gasteiger partial charge >= 0.3 is 0 Å². The Hall–Kier alpha value is -2.96. The fourth-order valence-corrected chi connectivity index (χ4v) is 2.96. The zero-order chi connectivity index (χ0) is 17.2. The second kappa shape index (κ2) is 6.51. The number of rotatable bonds is 5. The minimum atomic E-state index is -0.231. The van der Waals surface area contributed by atoms with Gasteiger partial charge in [-0.25, -0.2) is 4.68 Å². The maximum absolute atomic E-state index is 12.3. The Morgan fingerprint density at radius 3 is 2.84 bits per heavy atom. The van der Waals surface area contributed by atoms with Crippen LogP contribution in [0.2, 0.25) is 0 Å². The zero-order valence-corrected chi connectivity index (χ0v) is 13.9. The maximum Gasteiger partial charge on any atom is 0.290 e. The summed E-state index contributed by atoms with van der Waals surface area (Å²) in [5.41, 5.74) is 2.57. The Labute approximate surface area is 145 Å². The smallest absolute Gasteiger partial charge is 0.290 e. The van der Waals surface area contributed by atoms with Crippen molar-refractivity contribution >= 4 is 5.91 Å². The highest BCUT2D eigenvalue weighted by atomic mass is 16.5. The van der Waals surface area contributed by atoms with Crippen LogP contribution in [0.4, 0.5) is 0 Å². The van der Waals surface area contributed by atoms with Gasteiger partial charge in [0, 0.05) is 23.9 Å². The third-order valence-electron chi connectivity index (χ3n) is 4.55. The maximum atomic E-state index is 12.3. The van der Waals surface area contributed by atoms with Gasteiger partial charge in [-0.2, -0.15) is 0 Å². The first-order valence-electron chi connectivity index (χ1n) is 8.46. The van der Waals surface area contributed by atoms with Crippen LogP contribution in [0.1, 0.15) is 42.1 Å². The van der Waals surface area contributed by atoms with Crippen LogP contribution < -0.4 is 5.32 Å². The molecule has 0 unspecified atom stereocenters. The number of amides is 1. The summed E-state index contributed by atoms with van der Waals surface area (Å²) in [6, 6.07) is 11.7. The van der Waals surface area contributed by atoms with E-state index in [2.05, 4.69) is 27.7 Å². The van der Waals surface area contributed by atoms with Crippen molar-refractivity contribution in [3.05, 3.63) is 54.0 Å². The van der Waals surface area contributed by atoms with E-state index in [0.717, 1.165) is 30.5 Å². The predicted molar refractivity (Wildman–Crippen MR) is 90.9 cm³/mol. The molecule has 1 fully saturated rings. The van der Waals surface area contributed by atoms with Crippen LogP contribution in [-0.2, 0) is 6.42 Å². The van der Waals surface area contributed by atoms with Gasteiger partial charge in [-0.1, -0.05) is 47.6 Å². The van der Waals surface area contributed by atoms with Crippen molar-refractivity contribution in [1.29, 1.82) is 0 Å². The molecule has 0 spiro atoms. The average Bonchev–Trinajstić information content (AvgIpc) is 3.27. The fraction of sp³-hybridized carbons (Fsp3) is 0.333. The third-order valence-corrected chi connectivity index (χ3v) is 4.55. The first-order valence-corrected chi connectivity index (χ1v) is 8.46. The van der Waals surface area contributed by atoms with Crippen LogP contribution in [0.15, 0.2) is 47.1 Å². The molecule has 7 nitrogen and oxygen atoms in total. The molecule has 1 aromatic carbocycles. The van der Waals surface area contributed by atoms with E-state index in [0.29, 0.717) is 11.7 Å². The second-order valence-electron chi connectivity index (χ2n) is 6.28. The van der Waals surface area contributed by atoms with E-state index >= 15 is 0 Å². The normalized spacial score (nSPS) is 19.4. The van der Waals surface area contributed by atoms with Crippen LogP contribution in [0.25, 0.3) is 11.3 Å². The Bertz CT molecular complexity index is 864. The van der Waals surface area contributed by atoms with Gasteiger partial charge in [-0.05, 0) is 19.3 Å². The SMILES string of the molecule is CCc1cn([C@H]2C[C@@H](NC(=O)c3cc(-c4ccccc4)no3)C2)nn1. The second-order valence-corrected chi connectivity index (χ2v) is 6.28. The molecule has 1 amide bonds. The van der Waals surface area contributed by atoms with Crippen molar-refractivity contribution in [1.82, 2.24) is 25.5 Å². The molecule has 128 valence electrons. The quantitative estimate of drug-likeness (QED) is 0.773. The summed E-state index contributed by atoms with van der Waals surface area (Å²) < 4.78 is 7.08. The lowest BCUT2D eigenvalue weighted by atomic mass is 9.87. The minimum Gasteiger partial charge on any atom is -0.350 e. The number of carbonyl (C=O) groups is 1. The zero-order valence-electron chi connectivity index (χ0n) is 13.9. The first kappa shape index (κ1) is 15.6. The topological polar surface area (TPSA) is 85.8 Å². The summed E-state index contributed by atoms with van der Waals surface area (Å²) in [5, 5.41) is 15.2. The molecule has 1 saturated carbocycles. The number of hydrogen-bond donors (Lipinski definition) is 1. The molecule has 1 aliphatic carbocycles. The lowest BCUT2D eigenvalue weighted by Gasteiger charge is -2.35. The van der Waals surface area contributed by atoms with E-state index in [1.165, 1.54) is 0 Å². The van der Waals surface area contributed by atoms with Crippen molar-refractivity contribution in [3.63, 3.8) is 0 Å². The molecule has 7 heteroatoms. The Kier molecular flexibility index (Phi) is 4.05. The number of carbonyl (C=O) groups excluding carboxylic acids is 1. The van der Waals surface area contributed by atoms with Crippen LogP contribution in [0.5, 0.6) is 0 Å². The molecule has 0 bridgehead atoms. The number of aryl methyl sites for hydroxylation is 1. The van der Waals surface area contributed by atoms with Crippen LogP contribution in [0.3, 0.4) is 0 Å². The van der Waals surface area contributed by atoms with E-state index in [1.54, 1.807) is 6.07 Å². The fourth-order valence-electron chi connectivity index (χ4n) is 2.96. The molecule has 0 aliphatic heterocycles. The van der Waals surface area contributed by atoms with E-state index in [9.17, 15) is 4.79 Å². The van der Waals surface area contributed by atoms with Crippen molar-refractivity contribution in [2.75, 3.05) is 0 Å². The lowest BCUT2D eigenvalue weighted by molar-refractivity contribution is 0.0850. The van der Waals surface area contributed by atoms with Crippen LogP contribution in [-0.4, -0.2) is 32.1 Å². The number of nitrogens with zero attached hydrogens (tertiary/aromatic N) is 4. The number of nitrogens with one attached hydrogen (secondary N) is 1. The van der Waals surface area contributed by atoms with E-state index in [4.69, 9.17) is 4.52 Å². The van der Waals surface area contributed by atoms with Gasteiger partial charge in [0.2, 0.25) is 5.76 Å². The number of aromatic nitrogens is 4. The molecule has 1 N–H and O–H groups in total. The minimum absolute atomic E-state index is 0.122. The van der Waals surface area contributed by atoms with Crippen molar-refractivity contribution < 1.29 is 9.32 Å². The molecule has 2 aromatic heterocycles. The summed E-state index contributed by atoms with van der Waals surface area (Å²) in [6.45, 7) is 2.05. The Balaban J connectivity index is 1.34. The van der Waals surface area contributed by atoms with Crippen LogP contribution >= 0.6 is 0 Å². The molecule has 25 heavy (non-hydrogen) atoms. The van der Waals surface area contributed by atoms with Crippen LogP contribution in [0, 0.1) is 0 Å². The van der Waals surface area contributed by atoms with Crippen molar-refractivity contribution in [2.45, 2.75) is 38.3 Å². The number of benzene rings is 1. The molecule has 4 rings (SSSR count). The molecule has 1 aliphatic rings. The van der Waals surface area contributed by atoms with Gasteiger partial charge in [0.1, 0.15) is 5.69 Å². The summed E-state index contributed by atoms with van der Waals surface area (Å²) >= 11 is 0. The van der Waals surface area contributed by atoms with Gasteiger partial charge in [-0.3, -0.25) is 4.79 Å². The van der Waals surface area contributed by atoms with E-state index in [1.807, 2.05) is 41.2 Å². The first-order chi connectivity index (χ1) is 12.2. The third kappa shape index (κ3) is 3.17. The highest BCUT2D eigenvalue weighted by molar-refractivity contribution is 5.92. The Morgan fingerprint density at radius 2 is 2.12 bits per heavy atom. The summed E-state index contributed by atoms with van der Waals surface area (Å²) in [5.74, 6) is 0.00213.